The Hall–Kier alpha value is -2.98. The van der Waals surface area contributed by atoms with Crippen LogP contribution in [0, 0.1) is 0 Å². The molecule has 10 heteroatoms. The molecule has 3 heterocycles. The van der Waals surface area contributed by atoms with Crippen molar-refractivity contribution in [1.82, 2.24) is 15.0 Å². The van der Waals surface area contributed by atoms with Crippen LogP contribution in [0.4, 0.5) is 11.6 Å². The zero-order valence-corrected chi connectivity index (χ0v) is 15.9. The van der Waals surface area contributed by atoms with Gasteiger partial charge in [0.25, 0.3) is 0 Å². The fourth-order valence-corrected chi connectivity index (χ4v) is 3.52. The number of fused-ring (bicyclic) bond motifs is 1. The quantitative estimate of drug-likeness (QED) is 0.662. The molecule has 3 N–H and O–H groups in total. The molecule has 0 amide bonds. The van der Waals surface area contributed by atoms with Crippen molar-refractivity contribution in [2.75, 3.05) is 29.9 Å². The lowest BCUT2D eigenvalue weighted by Crippen LogP contribution is -2.17. The molecule has 1 saturated heterocycles. The summed E-state index contributed by atoms with van der Waals surface area (Å²) >= 11 is 0. The Bertz CT molecular complexity index is 1130. The summed E-state index contributed by atoms with van der Waals surface area (Å²) in [5.41, 5.74) is 8.67. The third-order valence-corrected chi connectivity index (χ3v) is 4.76. The van der Waals surface area contributed by atoms with Crippen molar-refractivity contribution in [3.8, 4) is 17.1 Å². The van der Waals surface area contributed by atoms with Gasteiger partial charge in [-0.3, -0.25) is 4.72 Å². The maximum Gasteiger partial charge on any atom is 0.245 e. The number of pyridine rings is 1. The van der Waals surface area contributed by atoms with E-state index in [-0.39, 0.29) is 12.1 Å². The molecule has 0 bridgehead atoms. The number of nitrogen functional groups attached to an aromatic ring is 1. The highest BCUT2D eigenvalue weighted by atomic mass is 32.2. The van der Waals surface area contributed by atoms with Crippen LogP contribution in [0.5, 0.6) is 5.88 Å². The first-order valence-corrected chi connectivity index (χ1v) is 10.5. The number of benzene rings is 1. The minimum atomic E-state index is -3.37. The summed E-state index contributed by atoms with van der Waals surface area (Å²) < 4.78 is 36.7. The van der Waals surface area contributed by atoms with E-state index in [4.69, 9.17) is 15.2 Å². The lowest BCUT2D eigenvalue weighted by molar-refractivity contribution is 0.139. The molecule has 4 rings (SSSR count). The second kappa shape index (κ2) is 7.21. The first kappa shape index (κ1) is 18.4. The van der Waals surface area contributed by atoms with Gasteiger partial charge >= 0.3 is 0 Å². The van der Waals surface area contributed by atoms with Crippen molar-refractivity contribution >= 4 is 32.7 Å². The van der Waals surface area contributed by atoms with Gasteiger partial charge in [-0.2, -0.15) is 4.98 Å². The molecule has 0 aliphatic carbocycles. The first-order valence-electron chi connectivity index (χ1n) is 8.64. The molecule has 28 heavy (non-hydrogen) atoms. The summed E-state index contributed by atoms with van der Waals surface area (Å²) in [5.74, 6) is 0.417. The van der Waals surface area contributed by atoms with Gasteiger partial charge in [0, 0.05) is 17.7 Å². The van der Waals surface area contributed by atoms with Gasteiger partial charge in [-0.1, -0.05) is 12.1 Å². The standard InChI is InChI=1S/C18H19N5O4S/c1-28(24,25)23-12-4-2-3-11(9-12)14-5-6-15-16(20-14)17(22-18(19)21-15)27-13-7-8-26-10-13/h2-6,9,13,23H,7-8,10H2,1H3,(H2,19,21,22). The van der Waals surface area contributed by atoms with E-state index in [9.17, 15) is 8.42 Å². The summed E-state index contributed by atoms with van der Waals surface area (Å²) in [4.78, 5) is 13.1. The van der Waals surface area contributed by atoms with Crippen LogP contribution in [0.2, 0.25) is 0 Å². The van der Waals surface area contributed by atoms with Gasteiger partial charge in [0.1, 0.15) is 6.10 Å². The molecule has 1 aliphatic rings. The normalized spacial score (nSPS) is 17.0. The summed E-state index contributed by atoms with van der Waals surface area (Å²) in [5, 5.41) is 0. The molecule has 1 aromatic carbocycles. The van der Waals surface area contributed by atoms with E-state index >= 15 is 0 Å². The molecule has 1 atom stereocenters. The maximum atomic E-state index is 11.5. The van der Waals surface area contributed by atoms with Crippen molar-refractivity contribution in [2.24, 2.45) is 0 Å². The smallest absolute Gasteiger partial charge is 0.245 e. The van der Waals surface area contributed by atoms with Crippen LogP contribution < -0.4 is 15.2 Å². The van der Waals surface area contributed by atoms with Crippen LogP contribution in [0.25, 0.3) is 22.3 Å². The zero-order chi connectivity index (χ0) is 19.7. The zero-order valence-electron chi connectivity index (χ0n) is 15.1. The fourth-order valence-electron chi connectivity index (χ4n) is 2.97. The Balaban J connectivity index is 1.74. The average Bonchev–Trinajstić information content (AvgIpc) is 3.13. The highest BCUT2D eigenvalue weighted by Crippen LogP contribution is 2.28. The number of aromatic nitrogens is 3. The summed E-state index contributed by atoms with van der Waals surface area (Å²) in [6, 6.07) is 10.5. The summed E-state index contributed by atoms with van der Waals surface area (Å²) in [6.45, 7) is 1.13. The first-order chi connectivity index (χ1) is 13.4. The van der Waals surface area contributed by atoms with Gasteiger partial charge in [0.15, 0.2) is 5.52 Å². The van der Waals surface area contributed by atoms with Crippen LogP contribution in [-0.4, -0.2) is 48.9 Å². The second-order valence-corrected chi connectivity index (χ2v) is 8.26. The number of hydrogen-bond donors (Lipinski definition) is 2. The molecule has 0 saturated carbocycles. The van der Waals surface area contributed by atoms with Crippen LogP contribution in [0.15, 0.2) is 36.4 Å². The molecule has 9 nitrogen and oxygen atoms in total. The SMILES string of the molecule is CS(=O)(=O)Nc1cccc(-c2ccc3nc(N)nc(OC4CCOC4)c3n2)c1. The minimum Gasteiger partial charge on any atom is -0.470 e. The van der Waals surface area contributed by atoms with Crippen LogP contribution >= 0.6 is 0 Å². The average molecular weight is 401 g/mol. The van der Waals surface area contributed by atoms with Gasteiger partial charge in [0.05, 0.1) is 30.7 Å². The number of nitrogens with two attached hydrogens (primary N) is 1. The van der Waals surface area contributed by atoms with Gasteiger partial charge in [-0.15, -0.1) is 0 Å². The van der Waals surface area contributed by atoms with Crippen LogP contribution in [0.1, 0.15) is 6.42 Å². The molecular weight excluding hydrogens is 382 g/mol. The van der Waals surface area contributed by atoms with Crippen molar-refractivity contribution in [3.05, 3.63) is 36.4 Å². The fraction of sp³-hybridized carbons (Fsp3) is 0.278. The van der Waals surface area contributed by atoms with Crippen molar-refractivity contribution in [1.29, 1.82) is 0 Å². The Morgan fingerprint density at radius 2 is 2.07 bits per heavy atom. The highest BCUT2D eigenvalue weighted by Gasteiger charge is 2.20. The Kier molecular flexibility index (Phi) is 4.73. The highest BCUT2D eigenvalue weighted by molar-refractivity contribution is 7.92. The molecule has 0 radical (unpaired) electrons. The molecule has 1 fully saturated rings. The molecule has 3 aromatic rings. The van der Waals surface area contributed by atoms with E-state index in [0.717, 1.165) is 18.2 Å². The third-order valence-electron chi connectivity index (χ3n) is 4.16. The molecule has 1 aliphatic heterocycles. The second-order valence-electron chi connectivity index (χ2n) is 6.51. The Morgan fingerprint density at radius 1 is 1.21 bits per heavy atom. The number of nitrogens with zero attached hydrogens (tertiary/aromatic N) is 3. The molecule has 1 unspecified atom stereocenters. The van der Waals surface area contributed by atoms with E-state index < -0.39 is 10.0 Å². The third kappa shape index (κ3) is 4.12. The molecule has 146 valence electrons. The van der Waals surface area contributed by atoms with Gasteiger partial charge in [-0.25, -0.2) is 18.4 Å². The maximum absolute atomic E-state index is 11.5. The van der Waals surface area contributed by atoms with E-state index in [0.29, 0.717) is 41.5 Å². The number of hydrogen-bond acceptors (Lipinski definition) is 8. The van der Waals surface area contributed by atoms with E-state index in [1.165, 1.54) is 0 Å². The van der Waals surface area contributed by atoms with Gasteiger partial charge in [-0.05, 0) is 24.3 Å². The van der Waals surface area contributed by atoms with Crippen molar-refractivity contribution < 1.29 is 17.9 Å². The topological polar surface area (TPSA) is 129 Å². The molecular formula is C18H19N5O4S. The number of ether oxygens (including phenoxy) is 2. The predicted octanol–water partition coefficient (Wildman–Crippen LogP) is 1.81. The molecule has 2 aromatic heterocycles. The van der Waals surface area contributed by atoms with E-state index in [2.05, 4.69) is 19.7 Å². The van der Waals surface area contributed by atoms with Crippen molar-refractivity contribution in [2.45, 2.75) is 12.5 Å². The molecule has 0 spiro atoms. The van der Waals surface area contributed by atoms with E-state index in [1.807, 2.05) is 6.07 Å². The Morgan fingerprint density at radius 3 is 2.82 bits per heavy atom. The number of sulfonamides is 1. The lowest BCUT2D eigenvalue weighted by Gasteiger charge is -2.13. The van der Waals surface area contributed by atoms with Crippen LogP contribution in [0.3, 0.4) is 0 Å². The summed E-state index contributed by atoms with van der Waals surface area (Å²) in [6.07, 6.45) is 1.77. The van der Waals surface area contributed by atoms with Gasteiger partial charge < -0.3 is 15.2 Å². The number of rotatable bonds is 5. The van der Waals surface area contributed by atoms with Crippen molar-refractivity contribution in [3.63, 3.8) is 0 Å². The largest absolute Gasteiger partial charge is 0.470 e. The minimum absolute atomic E-state index is 0.106. The number of nitrogens with one attached hydrogen (secondary N) is 1. The predicted molar refractivity (Wildman–Crippen MR) is 105 cm³/mol. The number of anilines is 2. The lowest BCUT2D eigenvalue weighted by atomic mass is 10.1. The monoisotopic (exact) mass is 401 g/mol. The van der Waals surface area contributed by atoms with Gasteiger partial charge in [0.2, 0.25) is 21.9 Å². The Labute approximate surface area is 162 Å². The summed E-state index contributed by atoms with van der Waals surface area (Å²) in [7, 11) is -3.37. The van der Waals surface area contributed by atoms with E-state index in [1.54, 1.807) is 30.3 Å². The van der Waals surface area contributed by atoms with Crippen LogP contribution in [-0.2, 0) is 14.8 Å².